The molecule has 5 nitrogen and oxygen atoms in total. The molecule has 0 saturated heterocycles. The lowest BCUT2D eigenvalue weighted by atomic mass is 9.97. The fourth-order valence-corrected chi connectivity index (χ4v) is 2.51. The molecular formula is C19H32ClN3O2. The minimum atomic E-state index is -0.557. The summed E-state index contributed by atoms with van der Waals surface area (Å²) in [5.41, 5.74) is 6.32. The molecule has 4 N–H and O–H groups in total. The average molecular weight is 370 g/mol. The zero-order valence-corrected chi connectivity index (χ0v) is 16.3. The van der Waals surface area contributed by atoms with Crippen molar-refractivity contribution in [2.45, 2.75) is 58.5 Å². The molecule has 0 radical (unpaired) electrons. The lowest BCUT2D eigenvalue weighted by molar-refractivity contribution is -0.124. The highest BCUT2D eigenvalue weighted by molar-refractivity contribution is 5.97. The van der Waals surface area contributed by atoms with Crippen molar-refractivity contribution >= 4 is 24.2 Å². The van der Waals surface area contributed by atoms with Crippen LogP contribution in [0.5, 0.6) is 0 Å². The second-order valence-electron chi connectivity index (χ2n) is 6.29. The van der Waals surface area contributed by atoms with Crippen molar-refractivity contribution in [2.75, 3.05) is 6.54 Å². The Labute approximate surface area is 157 Å². The molecule has 0 saturated carbocycles. The molecule has 1 rings (SSSR count). The van der Waals surface area contributed by atoms with E-state index >= 15 is 0 Å². The van der Waals surface area contributed by atoms with E-state index in [-0.39, 0.29) is 36.2 Å². The van der Waals surface area contributed by atoms with Gasteiger partial charge in [-0.05, 0) is 24.5 Å². The minimum Gasteiger partial charge on any atom is -0.350 e. The van der Waals surface area contributed by atoms with Crippen molar-refractivity contribution in [2.24, 2.45) is 11.7 Å². The van der Waals surface area contributed by atoms with E-state index in [2.05, 4.69) is 17.6 Å². The first-order valence-electron chi connectivity index (χ1n) is 8.89. The van der Waals surface area contributed by atoms with Crippen LogP contribution in [0.4, 0.5) is 0 Å². The first-order chi connectivity index (χ1) is 11.5. The van der Waals surface area contributed by atoms with Gasteiger partial charge in [-0.25, -0.2) is 0 Å². The molecule has 142 valence electrons. The maximum atomic E-state index is 12.7. The zero-order chi connectivity index (χ0) is 17.9. The van der Waals surface area contributed by atoms with Gasteiger partial charge >= 0.3 is 0 Å². The van der Waals surface area contributed by atoms with E-state index in [1.54, 1.807) is 12.1 Å². The average Bonchev–Trinajstić information content (AvgIpc) is 2.62. The standard InChI is InChI=1S/C19H31N3O2.ClH/c1-4-6-12-16(13-20)21-19(24)17(14(3)5-2)22-18(23)15-10-8-7-9-11-15;/h7-11,14,16-17H,4-6,12-13,20H2,1-3H3,(H,21,24)(H,22,23);1H. The third kappa shape index (κ3) is 7.88. The molecule has 0 aliphatic carbocycles. The topological polar surface area (TPSA) is 84.2 Å². The number of nitrogens with two attached hydrogens (primary N) is 1. The Morgan fingerprint density at radius 3 is 2.28 bits per heavy atom. The number of carbonyl (C=O) groups excluding carboxylic acids is 2. The second-order valence-corrected chi connectivity index (χ2v) is 6.29. The van der Waals surface area contributed by atoms with E-state index < -0.39 is 6.04 Å². The number of halogens is 1. The summed E-state index contributed by atoms with van der Waals surface area (Å²) in [5, 5.41) is 5.87. The van der Waals surface area contributed by atoms with Crippen LogP contribution in [0.2, 0.25) is 0 Å². The van der Waals surface area contributed by atoms with Crippen LogP contribution >= 0.6 is 12.4 Å². The summed E-state index contributed by atoms with van der Waals surface area (Å²) in [7, 11) is 0. The van der Waals surface area contributed by atoms with Crippen molar-refractivity contribution < 1.29 is 9.59 Å². The minimum absolute atomic E-state index is 0. The van der Waals surface area contributed by atoms with Crippen LogP contribution in [0, 0.1) is 5.92 Å². The van der Waals surface area contributed by atoms with Gasteiger partial charge in [0.1, 0.15) is 6.04 Å². The third-order valence-electron chi connectivity index (χ3n) is 4.36. The quantitative estimate of drug-likeness (QED) is 0.592. The highest BCUT2D eigenvalue weighted by Crippen LogP contribution is 2.11. The molecule has 0 aromatic heterocycles. The summed E-state index contributed by atoms with van der Waals surface area (Å²) in [6.45, 7) is 6.50. The predicted octanol–water partition coefficient (Wildman–Crippen LogP) is 2.89. The van der Waals surface area contributed by atoms with Crippen molar-refractivity contribution in [1.82, 2.24) is 10.6 Å². The van der Waals surface area contributed by atoms with Crippen molar-refractivity contribution in [3.63, 3.8) is 0 Å². The summed E-state index contributed by atoms with van der Waals surface area (Å²) in [6, 6.07) is 8.35. The molecule has 1 aromatic carbocycles. The molecule has 3 atom stereocenters. The van der Waals surface area contributed by atoms with Gasteiger partial charge in [-0.3, -0.25) is 9.59 Å². The summed E-state index contributed by atoms with van der Waals surface area (Å²) in [6.07, 6.45) is 3.74. The lowest BCUT2D eigenvalue weighted by Gasteiger charge is -2.26. The van der Waals surface area contributed by atoms with Gasteiger partial charge in [0.05, 0.1) is 0 Å². The Hall–Kier alpha value is -1.59. The van der Waals surface area contributed by atoms with Crippen molar-refractivity contribution in [3.05, 3.63) is 35.9 Å². The van der Waals surface area contributed by atoms with Gasteiger partial charge in [-0.15, -0.1) is 12.4 Å². The number of rotatable bonds is 10. The molecule has 0 bridgehead atoms. The first-order valence-corrected chi connectivity index (χ1v) is 8.89. The Bertz CT molecular complexity index is 511. The van der Waals surface area contributed by atoms with Gasteiger partial charge in [-0.1, -0.05) is 58.2 Å². The number of unbranched alkanes of at least 4 members (excludes halogenated alkanes) is 1. The fourth-order valence-electron chi connectivity index (χ4n) is 2.51. The van der Waals surface area contributed by atoms with E-state index in [4.69, 9.17) is 5.73 Å². The Kier molecular flexibility index (Phi) is 11.9. The van der Waals surface area contributed by atoms with Crippen molar-refractivity contribution in [3.8, 4) is 0 Å². The van der Waals surface area contributed by atoms with E-state index in [0.717, 1.165) is 25.7 Å². The van der Waals surface area contributed by atoms with E-state index in [1.165, 1.54) is 0 Å². The van der Waals surface area contributed by atoms with Gasteiger partial charge in [0.25, 0.3) is 5.91 Å². The predicted molar refractivity (Wildman–Crippen MR) is 105 cm³/mol. The molecule has 3 unspecified atom stereocenters. The number of hydrogen-bond donors (Lipinski definition) is 3. The Balaban J connectivity index is 0.00000576. The van der Waals surface area contributed by atoms with Crippen LogP contribution in [-0.2, 0) is 4.79 Å². The lowest BCUT2D eigenvalue weighted by Crippen LogP contribution is -2.53. The van der Waals surface area contributed by atoms with E-state index in [9.17, 15) is 9.59 Å². The molecule has 0 aliphatic rings. The summed E-state index contributed by atoms with van der Waals surface area (Å²) in [4.78, 5) is 25.1. The van der Waals surface area contributed by atoms with Crippen LogP contribution < -0.4 is 16.4 Å². The molecule has 1 aromatic rings. The number of hydrogen-bond acceptors (Lipinski definition) is 3. The largest absolute Gasteiger partial charge is 0.350 e. The Morgan fingerprint density at radius 2 is 1.76 bits per heavy atom. The molecule has 2 amide bonds. The SMILES string of the molecule is CCCCC(CN)NC(=O)C(NC(=O)c1ccccc1)C(C)CC.Cl. The number of nitrogens with one attached hydrogen (secondary N) is 2. The maximum Gasteiger partial charge on any atom is 0.251 e. The fraction of sp³-hybridized carbons (Fsp3) is 0.579. The highest BCUT2D eigenvalue weighted by Gasteiger charge is 2.27. The summed E-state index contributed by atoms with van der Waals surface area (Å²) in [5.74, 6) is -0.337. The number of benzene rings is 1. The summed E-state index contributed by atoms with van der Waals surface area (Å²) < 4.78 is 0. The van der Waals surface area contributed by atoms with Crippen LogP contribution in [-0.4, -0.2) is 30.4 Å². The normalized spacial score (nSPS) is 13.9. The maximum absolute atomic E-state index is 12.7. The third-order valence-corrected chi connectivity index (χ3v) is 4.36. The van der Waals surface area contributed by atoms with Crippen LogP contribution in [0.3, 0.4) is 0 Å². The van der Waals surface area contributed by atoms with Gasteiger partial charge in [-0.2, -0.15) is 0 Å². The summed E-state index contributed by atoms with van der Waals surface area (Å²) >= 11 is 0. The first kappa shape index (κ1) is 23.4. The number of amides is 2. The molecule has 6 heteroatoms. The van der Waals surface area contributed by atoms with Crippen LogP contribution in [0.25, 0.3) is 0 Å². The van der Waals surface area contributed by atoms with Gasteiger partial charge < -0.3 is 16.4 Å². The molecule has 0 fully saturated rings. The zero-order valence-electron chi connectivity index (χ0n) is 15.5. The second kappa shape index (κ2) is 12.7. The van der Waals surface area contributed by atoms with Crippen LogP contribution in [0.15, 0.2) is 30.3 Å². The molecule has 0 spiro atoms. The molecule has 0 heterocycles. The van der Waals surface area contributed by atoms with Gasteiger partial charge in [0, 0.05) is 18.2 Å². The van der Waals surface area contributed by atoms with E-state index in [0.29, 0.717) is 12.1 Å². The molecular weight excluding hydrogens is 338 g/mol. The van der Waals surface area contributed by atoms with Crippen LogP contribution in [0.1, 0.15) is 56.8 Å². The number of carbonyl (C=O) groups is 2. The monoisotopic (exact) mass is 369 g/mol. The van der Waals surface area contributed by atoms with Crippen molar-refractivity contribution in [1.29, 1.82) is 0 Å². The molecule has 25 heavy (non-hydrogen) atoms. The molecule has 0 aliphatic heterocycles. The van der Waals surface area contributed by atoms with E-state index in [1.807, 2.05) is 32.0 Å². The smallest absolute Gasteiger partial charge is 0.251 e. The van der Waals surface area contributed by atoms with Gasteiger partial charge in [0.2, 0.25) is 5.91 Å². The Morgan fingerprint density at radius 1 is 1.12 bits per heavy atom. The highest BCUT2D eigenvalue weighted by atomic mass is 35.5. The van der Waals surface area contributed by atoms with Gasteiger partial charge in [0.15, 0.2) is 0 Å².